The van der Waals surface area contributed by atoms with E-state index in [2.05, 4.69) is 28.7 Å². The van der Waals surface area contributed by atoms with Gasteiger partial charge in [0.2, 0.25) is 0 Å². The van der Waals surface area contributed by atoms with Crippen LogP contribution >= 0.6 is 34.2 Å². The molecule has 0 N–H and O–H groups in total. The fourth-order valence-electron chi connectivity index (χ4n) is 2.42. The third kappa shape index (κ3) is 4.22. The molecule has 0 radical (unpaired) electrons. The SMILES string of the molecule is COc1ccc(-c2ccc(Cl)cc2)c(COc2ccc(I)cc2)c1. The van der Waals surface area contributed by atoms with E-state index in [-0.39, 0.29) is 0 Å². The Morgan fingerprint density at radius 2 is 1.54 bits per heavy atom. The second-order valence-corrected chi connectivity index (χ2v) is 6.95. The van der Waals surface area contributed by atoms with Crippen LogP contribution in [-0.2, 0) is 6.61 Å². The van der Waals surface area contributed by atoms with Gasteiger partial charge < -0.3 is 9.47 Å². The van der Waals surface area contributed by atoms with E-state index in [4.69, 9.17) is 21.1 Å². The maximum atomic E-state index is 6.00. The van der Waals surface area contributed by atoms with Gasteiger partial charge in [0.1, 0.15) is 18.1 Å². The van der Waals surface area contributed by atoms with Gasteiger partial charge in [0.05, 0.1) is 7.11 Å². The smallest absolute Gasteiger partial charge is 0.119 e. The van der Waals surface area contributed by atoms with E-state index < -0.39 is 0 Å². The summed E-state index contributed by atoms with van der Waals surface area (Å²) in [6, 6.07) is 21.8. The van der Waals surface area contributed by atoms with Gasteiger partial charge in [-0.25, -0.2) is 0 Å². The topological polar surface area (TPSA) is 18.5 Å². The van der Waals surface area contributed by atoms with Crippen LogP contribution in [0.15, 0.2) is 66.7 Å². The van der Waals surface area contributed by atoms with E-state index in [1.54, 1.807) is 7.11 Å². The zero-order valence-corrected chi connectivity index (χ0v) is 16.0. The predicted octanol–water partition coefficient (Wildman–Crippen LogP) is 6.20. The van der Waals surface area contributed by atoms with Crippen LogP contribution in [-0.4, -0.2) is 7.11 Å². The van der Waals surface area contributed by atoms with Crippen LogP contribution in [0.4, 0.5) is 0 Å². The number of ether oxygens (including phenoxy) is 2. The Morgan fingerprint density at radius 1 is 0.875 bits per heavy atom. The van der Waals surface area contributed by atoms with E-state index in [1.165, 1.54) is 3.57 Å². The summed E-state index contributed by atoms with van der Waals surface area (Å²) in [6.07, 6.45) is 0. The first-order chi connectivity index (χ1) is 11.7. The first kappa shape index (κ1) is 17.1. The minimum Gasteiger partial charge on any atom is -0.497 e. The van der Waals surface area contributed by atoms with Crippen LogP contribution in [0.1, 0.15) is 5.56 Å². The second-order valence-electron chi connectivity index (χ2n) is 5.27. The summed E-state index contributed by atoms with van der Waals surface area (Å²) in [4.78, 5) is 0. The van der Waals surface area contributed by atoms with Crippen LogP contribution in [0, 0.1) is 3.57 Å². The summed E-state index contributed by atoms with van der Waals surface area (Å²) >= 11 is 8.27. The van der Waals surface area contributed by atoms with E-state index in [0.29, 0.717) is 6.61 Å². The summed E-state index contributed by atoms with van der Waals surface area (Å²) in [5, 5.41) is 0.726. The van der Waals surface area contributed by atoms with Gasteiger partial charge in [-0.3, -0.25) is 0 Å². The largest absolute Gasteiger partial charge is 0.497 e. The van der Waals surface area contributed by atoms with E-state index in [0.717, 1.165) is 33.2 Å². The molecular formula is C20H16ClIO2. The lowest BCUT2D eigenvalue weighted by atomic mass is 10.00. The van der Waals surface area contributed by atoms with Gasteiger partial charge in [0.25, 0.3) is 0 Å². The molecule has 24 heavy (non-hydrogen) atoms. The highest BCUT2D eigenvalue weighted by atomic mass is 127. The van der Waals surface area contributed by atoms with Gasteiger partial charge in [-0.05, 0) is 82.2 Å². The van der Waals surface area contributed by atoms with E-state index >= 15 is 0 Å². The van der Waals surface area contributed by atoms with Crippen molar-refractivity contribution in [2.45, 2.75) is 6.61 Å². The lowest BCUT2D eigenvalue weighted by molar-refractivity contribution is 0.305. The highest BCUT2D eigenvalue weighted by molar-refractivity contribution is 14.1. The summed E-state index contributed by atoms with van der Waals surface area (Å²) in [7, 11) is 1.67. The molecule has 0 aliphatic heterocycles. The van der Waals surface area contributed by atoms with Gasteiger partial charge in [-0.1, -0.05) is 29.8 Å². The van der Waals surface area contributed by atoms with Crippen molar-refractivity contribution in [3.63, 3.8) is 0 Å². The summed E-state index contributed by atoms with van der Waals surface area (Å²) < 4.78 is 12.5. The number of methoxy groups -OCH3 is 1. The van der Waals surface area contributed by atoms with Crippen molar-refractivity contribution in [1.29, 1.82) is 0 Å². The molecule has 0 spiro atoms. The van der Waals surface area contributed by atoms with Crippen molar-refractivity contribution in [2.24, 2.45) is 0 Å². The first-order valence-corrected chi connectivity index (χ1v) is 8.92. The highest BCUT2D eigenvalue weighted by Gasteiger charge is 2.08. The Bertz CT molecular complexity index is 814. The molecule has 0 aliphatic rings. The quantitative estimate of drug-likeness (QED) is 0.431. The molecular weight excluding hydrogens is 435 g/mol. The zero-order valence-electron chi connectivity index (χ0n) is 13.1. The molecule has 0 saturated carbocycles. The molecule has 0 aliphatic carbocycles. The number of hydrogen-bond donors (Lipinski definition) is 0. The van der Waals surface area contributed by atoms with Crippen LogP contribution in [0.25, 0.3) is 11.1 Å². The third-order valence-electron chi connectivity index (χ3n) is 3.68. The standard InChI is InChI=1S/C20H16ClIO2/c1-23-19-10-11-20(14-2-4-16(21)5-3-14)15(12-19)13-24-18-8-6-17(22)7-9-18/h2-12H,13H2,1H3. The van der Waals surface area contributed by atoms with Gasteiger partial charge in [0, 0.05) is 14.2 Å². The van der Waals surface area contributed by atoms with Gasteiger partial charge >= 0.3 is 0 Å². The molecule has 0 atom stereocenters. The van der Waals surface area contributed by atoms with Crippen molar-refractivity contribution < 1.29 is 9.47 Å². The number of benzene rings is 3. The van der Waals surface area contributed by atoms with Gasteiger partial charge in [0.15, 0.2) is 0 Å². The van der Waals surface area contributed by atoms with Crippen LogP contribution < -0.4 is 9.47 Å². The summed E-state index contributed by atoms with van der Waals surface area (Å²) in [5.74, 6) is 1.66. The van der Waals surface area contributed by atoms with E-state index in [9.17, 15) is 0 Å². The fourth-order valence-corrected chi connectivity index (χ4v) is 2.91. The average Bonchev–Trinajstić information content (AvgIpc) is 2.62. The Kier molecular flexibility index (Phi) is 5.63. The third-order valence-corrected chi connectivity index (χ3v) is 4.65. The molecule has 0 unspecified atom stereocenters. The Hall–Kier alpha value is -1.72. The summed E-state index contributed by atoms with van der Waals surface area (Å²) in [5.41, 5.74) is 3.27. The van der Waals surface area contributed by atoms with E-state index in [1.807, 2.05) is 60.7 Å². The molecule has 0 heterocycles. The summed E-state index contributed by atoms with van der Waals surface area (Å²) in [6.45, 7) is 0.468. The predicted molar refractivity (Wildman–Crippen MR) is 107 cm³/mol. The lowest BCUT2D eigenvalue weighted by Gasteiger charge is -2.13. The van der Waals surface area contributed by atoms with Crippen molar-refractivity contribution in [3.05, 3.63) is 80.9 Å². The second kappa shape index (κ2) is 7.90. The molecule has 4 heteroatoms. The fraction of sp³-hybridized carbons (Fsp3) is 0.100. The minimum atomic E-state index is 0.468. The Morgan fingerprint density at radius 3 is 2.21 bits per heavy atom. The molecule has 0 fully saturated rings. The van der Waals surface area contributed by atoms with Crippen molar-refractivity contribution in [3.8, 4) is 22.6 Å². The van der Waals surface area contributed by atoms with Crippen LogP contribution in [0.5, 0.6) is 11.5 Å². The normalized spacial score (nSPS) is 10.5. The monoisotopic (exact) mass is 450 g/mol. The minimum absolute atomic E-state index is 0.468. The number of hydrogen-bond acceptors (Lipinski definition) is 2. The molecule has 0 saturated heterocycles. The molecule has 0 bridgehead atoms. The number of rotatable bonds is 5. The Labute approximate surface area is 160 Å². The zero-order chi connectivity index (χ0) is 16.9. The molecule has 0 amide bonds. The Balaban J connectivity index is 1.89. The lowest BCUT2D eigenvalue weighted by Crippen LogP contribution is -1.99. The van der Waals surface area contributed by atoms with Crippen molar-refractivity contribution in [1.82, 2.24) is 0 Å². The van der Waals surface area contributed by atoms with Crippen molar-refractivity contribution in [2.75, 3.05) is 7.11 Å². The van der Waals surface area contributed by atoms with Crippen LogP contribution in [0.2, 0.25) is 5.02 Å². The number of halogens is 2. The average molecular weight is 451 g/mol. The highest BCUT2D eigenvalue weighted by Crippen LogP contribution is 2.29. The molecule has 2 nitrogen and oxygen atoms in total. The van der Waals surface area contributed by atoms with Gasteiger partial charge in [-0.2, -0.15) is 0 Å². The molecule has 3 aromatic carbocycles. The maximum absolute atomic E-state index is 6.00. The molecule has 0 aromatic heterocycles. The molecule has 3 rings (SSSR count). The van der Waals surface area contributed by atoms with Crippen LogP contribution in [0.3, 0.4) is 0 Å². The van der Waals surface area contributed by atoms with Crippen molar-refractivity contribution >= 4 is 34.2 Å². The molecule has 3 aromatic rings. The van der Waals surface area contributed by atoms with Gasteiger partial charge in [-0.15, -0.1) is 0 Å². The molecule has 122 valence electrons. The first-order valence-electron chi connectivity index (χ1n) is 7.47. The maximum Gasteiger partial charge on any atom is 0.119 e.